The van der Waals surface area contributed by atoms with Crippen molar-refractivity contribution in [3.63, 3.8) is 0 Å². The highest BCUT2D eigenvalue weighted by Gasteiger charge is 2.16. The van der Waals surface area contributed by atoms with Crippen LogP contribution in [0.4, 0.5) is 4.39 Å². The van der Waals surface area contributed by atoms with Crippen LogP contribution >= 0.6 is 11.3 Å². The second-order valence-electron chi connectivity index (χ2n) is 5.35. The van der Waals surface area contributed by atoms with E-state index in [-0.39, 0.29) is 12.6 Å². The van der Waals surface area contributed by atoms with Gasteiger partial charge in [0.25, 0.3) is 0 Å². The summed E-state index contributed by atoms with van der Waals surface area (Å²) in [6.45, 7) is 1.96. The zero-order chi connectivity index (χ0) is 16.8. The van der Waals surface area contributed by atoms with Crippen LogP contribution in [0.3, 0.4) is 0 Å². The summed E-state index contributed by atoms with van der Waals surface area (Å²) in [5.74, 6) is 1.20. The Morgan fingerprint density at radius 1 is 1.38 bits per heavy atom. The van der Waals surface area contributed by atoms with Gasteiger partial charge in [-0.25, -0.2) is 4.39 Å². The topological polar surface area (TPSA) is 54.9 Å². The number of ether oxygens (including phenoxy) is 2. The van der Waals surface area contributed by atoms with Gasteiger partial charge < -0.3 is 20.1 Å². The molecule has 1 aromatic carbocycles. The van der Waals surface area contributed by atoms with E-state index in [4.69, 9.17) is 9.47 Å². The zero-order valence-corrected chi connectivity index (χ0v) is 14.3. The van der Waals surface area contributed by atoms with Crippen molar-refractivity contribution in [1.82, 2.24) is 10.6 Å². The van der Waals surface area contributed by atoms with Gasteiger partial charge in [0.15, 0.2) is 12.8 Å². The third-order valence-electron chi connectivity index (χ3n) is 3.67. The Morgan fingerprint density at radius 3 is 3.08 bits per heavy atom. The summed E-state index contributed by atoms with van der Waals surface area (Å²) in [5, 5.41) is 8.54. The summed E-state index contributed by atoms with van der Waals surface area (Å²) in [6.07, 6.45) is 0.639. The largest absolute Gasteiger partial charge is 0.467 e. The van der Waals surface area contributed by atoms with Crippen molar-refractivity contribution in [2.45, 2.75) is 19.6 Å². The first-order chi connectivity index (χ1) is 11.8. The second-order valence-corrected chi connectivity index (χ2v) is 6.38. The van der Waals surface area contributed by atoms with Crippen molar-refractivity contribution in [2.24, 2.45) is 4.99 Å². The van der Waals surface area contributed by atoms with E-state index in [1.165, 1.54) is 17.0 Å². The summed E-state index contributed by atoms with van der Waals surface area (Å²) in [5.41, 5.74) is 1.60. The van der Waals surface area contributed by atoms with E-state index in [0.717, 1.165) is 29.4 Å². The van der Waals surface area contributed by atoms with E-state index in [1.54, 1.807) is 18.4 Å². The highest BCUT2D eigenvalue weighted by atomic mass is 32.1. The van der Waals surface area contributed by atoms with Gasteiger partial charge in [0.1, 0.15) is 11.6 Å². The number of guanidine groups is 1. The molecule has 1 aliphatic rings. The first kappa shape index (κ1) is 16.7. The number of hydrogen-bond acceptors (Lipinski definition) is 4. The molecule has 128 valence electrons. The standard InChI is InChI=1S/C17H20FN3O2S/c1-19-17(21-9-15-3-2-6-24-15)20-5-4-12-7-14(18)8-13-10-22-11-23-16(12)13/h2-3,6-8H,4-5,9-11H2,1H3,(H2,19,20,21). The van der Waals surface area contributed by atoms with Crippen LogP contribution in [0.1, 0.15) is 16.0 Å². The van der Waals surface area contributed by atoms with E-state index >= 15 is 0 Å². The maximum Gasteiger partial charge on any atom is 0.191 e. The molecule has 2 aromatic rings. The lowest BCUT2D eigenvalue weighted by molar-refractivity contribution is -0.0172. The number of aliphatic imine (C=N–C) groups is 1. The number of benzene rings is 1. The van der Waals surface area contributed by atoms with Crippen LogP contribution in [0.5, 0.6) is 5.75 Å². The van der Waals surface area contributed by atoms with E-state index in [2.05, 4.69) is 21.7 Å². The third kappa shape index (κ3) is 4.24. The molecule has 0 saturated heterocycles. The SMILES string of the molecule is CN=C(NCCc1cc(F)cc2c1OCOC2)NCc1cccs1. The van der Waals surface area contributed by atoms with Gasteiger partial charge in [0.05, 0.1) is 13.2 Å². The molecule has 0 amide bonds. The number of fused-ring (bicyclic) bond motifs is 1. The first-order valence-corrected chi connectivity index (χ1v) is 8.63. The van der Waals surface area contributed by atoms with Crippen molar-refractivity contribution in [3.8, 4) is 5.75 Å². The predicted octanol–water partition coefficient (Wildman–Crippen LogP) is 2.66. The minimum Gasteiger partial charge on any atom is -0.467 e. The van der Waals surface area contributed by atoms with Crippen molar-refractivity contribution in [3.05, 3.63) is 51.5 Å². The number of nitrogens with one attached hydrogen (secondary N) is 2. The summed E-state index contributed by atoms with van der Waals surface area (Å²) >= 11 is 1.70. The number of hydrogen-bond donors (Lipinski definition) is 2. The van der Waals surface area contributed by atoms with Gasteiger partial charge in [-0.05, 0) is 35.6 Å². The van der Waals surface area contributed by atoms with Crippen LogP contribution in [0, 0.1) is 5.82 Å². The normalized spacial score (nSPS) is 14.0. The molecule has 3 rings (SSSR count). The summed E-state index contributed by atoms with van der Waals surface area (Å²) in [7, 11) is 1.73. The molecule has 0 atom stereocenters. The molecule has 0 bridgehead atoms. The second kappa shape index (κ2) is 8.12. The first-order valence-electron chi connectivity index (χ1n) is 7.75. The zero-order valence-electron chi connectivity index (χ0n) is 13.5. The lowest BCUT2D eigenvalue weighted by atomic mass is 10.1. The Labute approximate surface area is 144 Å². The summed E-state index contributed by atoms with van der Waals surface area (Å²) in [6, 6.07) is 7.08. The molecule has 0 aliphatic carbocycles. The molecule has 1 aromatic heterocycles. The van der Waals surface area contributed by atoms with Gasteiger partial charge in [-0.2, -0.15) is 0 Å². The molecular formula is C17H20FN3O2S. The minimum absolute atomic E-state index is 0.211. The maximum absolute atomic E-state index is 13.7. The van der Waals surface area contributed by atoms with Crippen LogP contribution in [0.2, 0.25) is 0 Å². The van der Waals surface area contributed by atoms with E-state index < -0.39 is 0 Å². The van der Waals surface area contributed by atoms with Gasteiger partial charge in [-0.1, -0.05) is 6.07 Å². The fourth-order valence-electron chi connectivity index (χ4n) is 2.56. The fourth-order valence-corrected chi connectivity index (χ4v) is 3.21. The molecular weight excluding hydrogens is 329 g/mol. The highest BCUT2D eigenvalue weighted by molar-refractivity contribution is 7.09. The van der Waals surface area contributed by atoms with Crippen molar-refractivity contribution in [1.29, 1.82) is 0 Å². The van der Waals surface area contributed by atoms with Crippen molar-refractivity contribution < 1.29 is 13.9 Å². The number of nitrogens with zero attached hydrogens (tertiary/aromatic N) is 1. The Balaban J connectivity index is 1.54. The van der Waals surface area contributed by atoms with E-state index in [0.29, 0.717) is 19.6 Å². The number of halogens is 1. The van der Waals surface area contributed by atoms with Gasteiger partial charge in [-0.3, -0.25) is 4.99 Å². The van der Waals surface area contributed by atoms with Gasteiger partial charge in [0, 0.05) is 24.0 Å². The van der Waals surface area contributed by atoms with Gasteiger partial charge in [0.2, 0.25) is 0 Å². The summed E-state index contributed by atoms with van der Waals surface area (Å²) in [4.78, 5) is 5.44. The van der Waals surface area contributed by atoms with E-state index in [9.17, 15) is 4.39 Å². The molecule has 1 aliphatic heterocycles. The Bertz CT molecular complexity index is 704. The lowest BCUT2D eigenvalue weighted by Gasteiger charge is -2.21. The molecule has 0 spiro atoms. The minimum atomic E-state index is -0.266. The van der Waals surface area contributed by atoms with Gasteiger partial charge in [-0.15, -0.1) is 11.3 Å². The van der Waals surface area contributed by atoms with Crippen molar-refractivity contribution >= 4 is 17.3 Å². The molecule has 5 nitrogen and oxygen atoms in total. The molecule has 0 unspecified atom stereocenters. The predicted molar refractivity (Wildman–Crippen MR) is 92.9 cm³/mol. The monoisotopic (exact) mass is 349 g/mol. The van der Waals surface area contributed by atoms with Gasteiger partial charge >= 0.3 is 0 Å². The molecule has 7 heteroatoms. The molecule has 24 heavy (non-hydrogen) atoms. The number of rotatable bonds is 5. The molecule has 0 saturated carbocycles. The quantitative estimate of drug-likeness (QED) is 0.644. The molecule has 2 N–H and O–H groups in total. The highest BCUT2D eigenvalue weighted by Crippen LogP contribution is 2.29. The average molecular weight is 349 g/mol. The lowest BCUT2D eigenvalue weighted by Crippen LogP contribution is -2.37. The van der Waals surface area contributed by atoms with Crippen LogP contribution in [-0.2, 0) is 24.3 Å². The van der Waals surface area contributed by atoms with Crippen LogP contribution in [0.25, 0.3) is 0 Å². The Morgan fingerprint density at radius 2 is 2.29 bits per heavy atom. The van der Waals surface area contributed by atoms with Crippen LogP contribution in [0.15, 0.2) is 34.6 Å². The molecule has 0 fully saturated rings. The van der Waals surface area contributed by atoms with Crippen molar-refractivity contribution in [2.75, 3.05) is 20.4 Å². The smallest absolute Gasteiger partial charge is 0.191 e. The Hall–Kier alpha value is -2.12. The summed E-state index contributed by atoms with van der Waals surface area (Å²) < 4.78 is 24.4. The average Bonchev–Trinajstić information content (AvgIpc) is 3.11. The third-order valence-corrected chi connectivity index (χ3v) is 4.55. The number of thiophene rings is 1. The van der Waals surface area contributed by atoms with Crippen LogP contribution in [-0.4, -0.2) is 26.3 Å². The maximum atomic E-state index is 13.7. The van der Waals surface area contributed by atoms with E-state index in [1.807, 2.05) is 11.4 Å². The van der Waals surface area contributed by atoms with Crippen LogP contribution < -0.4 is 15.4 Å². The molecule has 0 radical (unpaired) electrons. The molecule has 2 heterocycles. The Kier molecular flexibility index (Phi) is 5.66. The fraction of sp³-hybridized carbons (Fsp3) is 0.353.